The monoisotopic (exact) mass is 409 g/mol. The molecule has 0 unspecified atom stereocenters. The zero-order chi connectivity index (χ0) is 20.6. The number of methoxy groups -OCH3 is 1. The molecule has 6 heteroatoms. The van der Waals surface area contributed by atoms with Gasteiger partial charge in [0.1, 0.15) is 5.75 Å². The predicted octanol–water partition coefficient (Wildman–Crippen LogP) is 4.81. The molecule has 0 heterocycles. The number of rotatable bonds is 7. The summed E-state index contributed by atoms with van der Waals surface area (Å²) in [6.07, 6.45) is -1.13. The van der Waals surface area contributed by atoms with Crippen molar-refractivity contribution in [2.24, 2.45) is 0 Å². The number of nitrogens with one attached hydrogen (secondary N) is 1. The number of hydrogen-bond acceptors (Lipinski definition) is 4. The molecule has 1 N–H and O–H groups in total. The third-order valence-electron chi connectivity index (χ3n) is 4.22. The first-order chi connectivity index (χ1) is 14.1. The molecule has 148 valence electrons. The van der Waals surface area contributed by atoms with Crippen molar-refractivity contribution in [3.8, 4) is 5.75 Å². The van der Waals surface area contributed by atoms with E-state index in [1.165, 1.54) is 0 Å². The molecule has 0 radical (unpaired) electrons. The fourth-order valence-corrected chi connectivity index (χ4v) is 2.98. The van der Waals surface area contributed by atoms with E-state index in [9.17, 15) is 9.59 Å². The van der Waals surface area contributed by atoms with Crippen LogP contribution in [0.1, 0.15) is 17.2 Å². The molecule has 0 aliphatic heterocycles. The van der Waals surface area contributed by atoms with Gasteiger partial charge in [-0.3, -0.25) is 9.59 Å². The zero-order valence-electron chi connectivity index (χ0n) is 15.8. The van der Waals surface area contributed by atoms with Crippen LogP contribution in [0.5, 0.6) is 5.75 Å². The van der Waals surface area contributed by atoms with Gasteiger partial charge in [0.15, 0.2) is 0 Å². The van der Waals surface area contributed by atoms with Gasteiger partial charge in [0.2, 0.25) is 6.10 Å². The van der Waals surface area contributed by atoms with Crippen LogP contribution in [0.4, 0.5) is 5.69 Å². The van der Waals surface area contributed by atoms with Crippen LogP contribution in [-0.4, -0.2) is 19.0 Å². The van der Waals surface area contributed by atoms with Crippen LogP contribution in [0.3, 0.4) is 0 Å². The number of anilines is 1. The van der Waals surface area contributed by atoms with E-state index in [1.807, 2.05) is 6.07 Å². The topological polar surface area (TPSA) is 64.6 Å². The van der Waals surface area contributed by atoms with Gasteiger partial charge < -0.3 is 14.8 Å². The maximum Gasteiger partial charge on any atom is 0.311 e. The van der Waals surface area contributed by atoms with Crippen molar-refractivity contribution in [2.45, 2.75) is 12.5 Å². The van der Waals surface area contributed by atoms with Crippen molar-refractivity contribution in [1.82, 2.24) is 0 Å². The van der Waals surface area contributed by atoms with Crippen LogP contribution < -0.4 is 10.1 Å². The van der Waals surface area contributed by atoms with Gasteiger partial charge in [-0.25, -0.2) is 0 Å². The van der Waals surface area contributed by atoms with E-state index in [2.05, 4.69) is 5.32 Å². The summed E-state index contributed by atoms with van der Waals surface area (Å²) in [5.41, 5.74) is 1.75. The van der Waals surface area contributed by atoms with Crippen molar-refractivity contribution < 1.29 is 19.1 Å². The van der Waals surface area contributed by atoms with Crippen molar-refractivity contribution in [3.63, 3.8) is 0 Å². The van der Waals surface area contributed by atoms with Crippen LogP contribution in [0.15, 0.2) is 78.9 Å². The lowest BCUT2D eigenvalue weighted by Crippen LogP contribution is -2.26. The number of esters is 1. The zero-order valence-corrected chi connectivity index (χ0v) is 16.6. The molecule has 29 heavy (non-hydrogen) atoms. The second-order valence-electron chi connectivity index (χ2n) is 6.27. The third kappa shape index (κ3) is 5.59. The molecule has 0 saturated carbocycles. The molecule has 1 amide bonds. The quantitative estimate of drug-likeness (QED) is 0.568. The van der Waals surface area contributed by atoms with E-state index in [4.69, 9.17) is 21.1 Å². The van der Waals surface area contributed by atoms with Crippen molar-refractivity contribution in [1.29, 1.82) is 0 Å². The summed E-state index contributed by atoms with van der Waals surface area (Å²) in [4.78, 5) is 25.4. The Labute approximate surface area is 174 Å². The minimum absolute atomic E-state index is 0.0323. The van der Waals surface area contributed by atoms with Crippen LogP contribution in [-0.2, 0) is 20.7 Å². The van der Waals surface area contributed by atoms with E-state index in [1.54, 1.807) is 79.9 Å². The predicted molar refractivity (Wildman–Crippen MR) is 112 cm³/mol. The summed E-state index contributed by atoms with van der Waals surface area (Å²) in [5.74, 6) is -0.403. The van der Waals surface area contributed by atoms with Gasteiger partial charge in [-0.05, 0) is 23.8 Å². The molecule has 0 aromatic heterocycles. The maximum absolute atomic E-state index is 12.9. The molecular weight excluding hydrogens is 390 g/mol. The Hall–Kier alpha value is -3.31. The standard InChI is InChI=1S/C23H20ClNO4/c1-28-19-12-7-11-18(15-19)25-23(27)22(16-8-3-2-4-9-16)29-21(26)14-17-10-5-6-13-20(17)24/h2-13,15,22H,14H2,1H3,(H,25,27)/t22-/m0/s1. The lowest BCUT2D eigenvalue weighted by Gasteiger charge is -2.18. The minimum atomic E-state index is -1.10. The van der Waals surface area contributed by atoms with E-state index >= 15 is 0 Å². The Bertz CT molecular complexity index is 991. The van der Waals surface area contributed by atoms with Crippen LogP contribution >= 0.6 is 11.6 Å². The molecule has 3 aromatic carbocycles. The summed E-state index contributed by atoms with van der Waals surface area (Å²) in [6, 6.07) is 22.8. The molecule has 3 aromatic rings. The highest BCUT2D eigenvalue weighted by atomic mass is 35.5. The molecule has 5 nitrogen and oxygen atoms in total. The first-order valence-corrected chi connectivity index (χ1v) is 9.37. The Kier molecular flexibility index (Phi) is 6.87. The number of hydrogen-bond donors (Lipinski definition) is 1. The molecule has 0 aliphatic carbocycles. The molecule has 0 saturated heterocycles. The van der Waals surface area contributed by atoms with E-state index in [-0.39, 0.29) is 6.42 Å². The molecule has 3 rings (SSSR count). The molecule has 1 atom stereocenters. The maximum atomic E-state index is 12.9. The Morgan fingerprint density at radius 1 is 0.966 bits per heavy atom. The van der Waals surface area contributed by atoms with E-state index in [0.29, 0.717) is 27.6 Å². The van der Waals surface area contributed by atoms with Gasteiger partial charge in [0.05, 0.1) is 13.5 Å². The largest absolute Gasteiger partial charge is 0.497 e. The highest BCUT2D eigenvalue weighted by Gasteiger charge is 2.25. The number of ether oxygens (including phenoxy) is 2. The lowest BCUT2D eigenvalue weighted by molar-refractivity contribution is -0.154. The number of amides is 1. The Balaban J connectivity index is 1.78. The molecule has 0 spiro atoms. The fraction of sp³-hybridized carbons (Fsp3) is 0.130. The lowest BCUT2D eigenvalue weighted by atomic mass is 10.1. The fourth-order valence-electron chi connectivity index (χ4n) is 2.78. The number of benzene rings is 3. The highest BCUT2D eigenvalue weighted by molar-refractivity contribution is 6.31. The van der Waals surface area contributed by atoms with Crippen LogP contribution in [0.2, 0.25) is 5.02 Å². The third-order valence-corrected chi connectivity index (χ3v) is 4.59. The summed E-state index contributed by atoms with van der Waals surface area (Å²) >= 11 is 6.12. The van der Waals surface area contributed by atoms with Gasteiger partial charge in [0.25, 0.3) is 5.91 Å². The normalized spacial score (nSPS) is 11.4. The SMILES string of the molecule is COc1cccc(NC(=O)[C@@H](OC(=O)Cc2ccccc2Cl)c2ccccc2)c1. The van der Waals surface area contributed by atoms with Crippen molar-refractivity contribution in [3.05, 3.63) is 95.0 Å². The van der Waals surface area contributed by atoms with Gasteiger partial charge >= 0.3 is 5.97 Å². The van der Waals surface area contributed by atoms with Crippen LogP contribution in [0.25, 0.3) is 0 Å². The first-order valence-electron chi connectivity index (χ1n) is 8.99. The van der Waals surface area contributed by atoms with E-state index in [0.717, 1.165) is 0 Å². The molecule has 0 fully saturated rings. The summed E-state index contributed by atoms with van der Waals surface area (Å²) in [5, 5.41) is 3.25. The minimum Gasteiger partial charge on any atom is -0.497 e. The first kappa shape index (κ1) is 20.4. The van der Waals surface area contributed by atoms with Crippen molar-refractivity contribution in [2.75, 3.05) is 12.4 Å². The van der Waals surface area contributed by atoms with Gasteiger partial charge in [0, 0.05) is 22.3 Å². The second kappa shape index (κ2) is 9.75. The van der Waals surface area contributed by atoms with E-state index < -0.39 is 18.0 Å². The van der Waals surface area contributed by atoms with Crippen molar-refractivity contribution >= 4 is 29.2 Å². The summed E-state index contributed by atoms with van der Waals surface area (Å²) in [6.45, 7) is 0. The highest BCUT2D eigenvalue weighted by Crippen LogP contribution is 2.24. The average molecular weight is 410 g/mol. The number of carbonyl (C=O) groups is 2. The average Bonchev–Trinajstić information content (AvgIpc) is 2.74. The Morgan fingerprint density at radius 2 is 1.69 bits per heavy atom. The number of halogens is 1. The number of carbonyl (C=O) groups excluding carboxylic acids is 2. The second-order valence-corrected chi connectivity index (χ2v) is 6.68. The van der Waals surface area contributed by atoms with Gasteiger partial charge in [-0.15, -0.1) is 0 Å². The van der Waals surface area contributed by atoms with Gasteiger partial charge in [-0.1, -0.05) is 66.2 Å². The summed E-state index contributed by atoms with van der Waals surface area (Å²) < 4.78 is 10.7. The smallest absolute Gasteiger partial charge is 0.311 e. The molecule has 0 bridgehead atoms. The summed E-state index contributed by atoms with van der Waals surface area (Å²) in [7, 11) is 1.55. The molecular formula is C23H20ClNO4. The van der Waals surface area contributed by atoms with Crippen LogP contribution in [0, 0.1) is 0 Å². The van der Waals surface area contributed by atoms with Gasteiger partial charge in [-0.2, -0.15) is 0 Å². The Morgan fingerprint density at radius 3 is 2.41 bits per heavy atom. The molecule has 0 aliphatic rings.